The second-order valence-corrected chi connectivity index (χ2v) is 4.22. The van der Waals surface area contributed by atoms with E-state index in [0.29, 0.717) is 6.10 Å². The Morgan fingerprint density at radius 3 is 2.43 bits per heavy atom. The third kappa shape index (κ3) is 3.97. The molecule has 14 heavy (non-hydrogen) atoms. The van der Waals surface area contributed by atoms with Crippen LogP contribution < -0.4 is 0 Å². The van der Waals surface area contributed by atoms with Crippen LogP contribution >= 0.6 is 0 Å². The van der Waals surface area contributed by atoms with Crippen LogP contribution in [-0.4, -0.2) is 19.5 Å². The molecule has 1 aliphatic rings. The molecule has 2 heteroatoms. The molecule has 1 fully saturated rings. The van der Waals surface area contributed by atoms with Crippen molar-refractivity contribution in [3.63, 3.8) is 0 Å². The molecule has 0 aromatic carbocycles. The Morgan fingerprint density at radius 1 is 1.29 bits per heavy atom. The first kappa shape index (κ1) is 12.0. The van der Waals surface area contributed by atoms with Crippen molar-refractivity contribution in [2.24, 2.45) is 5.92 Å². The largest absolute Gasteiger partial charge is 0.356 e. The van der Waals surface area contributed by atoms with E-state index in [1.807, 2.05) is 6.92 Å². The van der Waals surface area contributed by atoms with Gasteiger partial charge in [-0.15, -0.1) is 0 Å². The average molecular weight is 199 g/mol. The normalized spacial score (nSPS) is 30.2. The first-order valence-corrected chi connectivity index (χ1v) is 5.73. The van der Waals surface area contributed by atoms with Crippen molar-refractivity contribution in [3.05, 3.63) is 6.92 Å². The summed E-state index contributed by atoms with van der Waals surface area (Å²) in [6.07, 6.45) is 7.72. The van der Waals surface area contributed by atoms with Crippen molar-refractivity contribution < 1.29 is 9.47 Å². The summed E-state index contributed by atoms with van der Waals surface area (Å²) in [6.45, 7) is 5.87. The Morgan fingerprint density at radius 2 is 1.93 bits per heavy atom. The fraction of sp³-hybridized carbons (Fsp3) is 0.917. The lowest BCUT2D eigenvalue weighted by atomic mass is 9.85. The maximum absolute atomic E-state index is 5.73. The summed E-state index contributed by atoms with van der Waals surface area (Å²) in [5, 5.41) is 0. The van der Waals surface area contributed by atoms with E-state index in [9.17, 15) is 0 Å². The first-order valence-electron chi connectivity index (χ1n) is 5.73. The van der Waals surface area contributed by atoms with E-state index in [-0.39, 0.29) is 6.29 Å². The average Bonchev–Trinajstić information content (AvgIpc) is 2.21. The standard InChI is InChI=1S/C12H23O2/c1-4-5-11-6-8-12(9-7-11)14-10(2)13-3/h10-12H,1,4-9H2,2-3H3. The van der Waals surface area contributed by atoms with Crippen LogP contribution in [0.1, 0.15) is 45.4 Å². The van der Waals surface area contributed by atoms with Gasteiger partial charge in [0, 0.05) is 7.11 Å². The maximum atomic E-state index is 5.73. The van der Waals surface area contributed by atoms with Crippen molar-refractivity contribution in [3.8, 4) is 0 Å². The molecule has 0 aromatic rings. The van der Waals surface area contributed by atoms with Gasteiger partial charge in [-0.05, 0) is 38.5 Å². The summed E-state index contributed by atoms with van der Waals surface area (Å²) in [6, 6.07) is 0. The monoisotopic (exact) mass is 199 g/mol. The van der Waals surface area contributed by atoms with Crippen LogP contribution in [-0.2, 0) is 9.47 Å². The molecule has 0 aromatic heterocycles. The summed E-state index contributed by atoms with van der Waals surface area (Å²) in [5.74, 6) is 0.894. The number of methoxy groups -OCH3 is 1. The third-order valence-electron chi connectivity index (χ3n) is 3.12. The van der Waals surface area contributed by atoms with Crippen LogP contribution in [0, 0.1) is 12.8 Å². The molecule has 1 rings (SSSR count). The minimum absolute atomic E-state index is 0.0515. The predicted molar refractivity (Wildman–Crippen MR) is 57.9 cm³/mol. The van der Waals surface area contributed by atoms with E-state index >= 15 is 0 Å². The lowest BCUT2D eigenvalue weighted by molar-refractivity contribution is -0.153. The summed E-state index contributed by atoms with van der Waals surface area (Å²) in [4.78, 5) is 0. The number of ether oxygens (including phenoxy) is 2. The fourth-order valence-corrected chi connectivity index (χ4v) is 2.17. The van der Waals surface area contributed by atoms with E-state index < -0.39 is 0 Å². The molecule has 1 unspecified atom stereocenters. The first-order chi connectivity index (χ1) is 6.76. The van der Waals surface area contributed by atoms with Crippen molar-refractivity contribution in [2.75, 3.05) is 7.11 Å². The highest BCUT2D eigenvalue weighted by molar-refractivity contribution is 4.73. The molecule has 0 N–H and O–H groups in total. The van der Waals surface area contributed by atoms with Gasteiger partial charge in [0.2, 0.25) is 0 Å². The second kappa shape index (κ2) is 6.41. The summed E-state index contributed by atoms with van der Waals surface area (Å²) in [7, 11) is 1.69. The van der Waals surface area contributed by atoms with E-state index in [4.69, 9.17) is 9.47 Å². The zero-order valence-electron chi connectivity index (χ0n) is 9.50. The van der Waals surface area contributed by atoms with Crippen molar-refractivity contribution in [2.45, 2.75) is 57.8 Å². The minimum atomic E-state index is -0.0515. The molecule has 0 spiro atoms. The van der Waals surface area contributed by atoms with Gasteiger partial charge < -0.3 is 9.47 Å². The van der Waals surface area contributed by atoms with Crippen LogP contribution in [0.25, 0.3) is 0 Å². The molecular formula is C12H23O2. The Bertz CT molecular complexity index is 139. The highest BCUT2D eigenvalue weighted by Crippen LogP contribution is 2.29. The van der Waals surface area contributed by atoms with E-state index in [1.54, 1.807) is 7.11 Å². The van der Waals surface area contributed by atoms with Gasteiger partial charge in [0.05, 0.1) is 6.10 Å². The SMILES string of the molecule is [CH2]CCC1CCC(OC(C)OC)CC1. The Labute approximate surface area is 88.0 Å². The molecule has 0 heterocycles. The van der Waals surface area contributed by atoms with Gasteiger partial charge in [0.15, 0.2) is 6.29 Å². The van der Waals surface area contributed by atoms with E-state index in [1.165, 1.54) is 32.1 Å². The maximum Gasteiger partial charge on any atom is 0.154 e. The van der Waals surface area contributed by atoms with Gasteiger partial charge in [-0.25, -0.2) is 0 Å². The van der Waals surface area contributed by atoms with E-state index in [2.05, 4.69) is 6.92 Å². The molecule has 1 aliphatic carbocycles. The Hall–Kier alpha value is -0.0800. The van der Waals surface area contributed by atoms with Crippen LogP contribution in [0.15, 0.2) is 0 Å². The smallest absolute Gasteiger partial charge is 0.154 e. The molecule has 0 bridgehead atoms. The quantitative estimate of drug-likeness (QED) is 0.633. The second-order valence-electron chi connectivity index (χ2n) is 4.22. The van der Waals surface area contributed by atoms with Crippen LogP contribution in [0.3, 0.4) is 0 Å². The highest BCUT2D eigenvalue weighted by atomic mass is 16.7. The third-order valence-corrected chi connectivity index (χ3v) is 3.12. The predicted octanol–water partition coefficient (Wildman–Crippen LogP) is 3.17. The number of hydrogen-bond acceptors (Lipinski definition) is 2. The zero-order chi connectivity index (χ0) is 10.4. The molecule has 83 valence electrons. The van der Waals surface area contributed by atoms with Gasteiger partial charge in [0.1, 0.15) is 0 Å². The molecule has 1 atom stereocenters. The number of rotatable bonds is 5. The molecule has 1 saturated carbocycles. The van der Waals surface area contributed by atoms with Crippen molar-refractivity contribution in [1.29, 1.82) is 0 Å². The van der Waals surface area contributed by atoms with Crippen LogP contribution in [0.5, 0.6) is 0 Å². The van der Waals surface area contributed by atoms with Gasteiger partial charge in [-0.1, -0.05) is 19.8 Å². The van der Waals surface area contributed by atoms with Gasteiger partial charge in [-0.3, -0.25) is 0 Å². The summed E-state index contributed by atoms with van der Waals surface area (Å²) < 4.78 is 10.8. The summed E-state index contributed by atoms with van der Waals surface area (Å²) in [5.41, 5.74) is 0. The molecule has 2 nitrogen and oxygen atoms in total. The molecule has 0 saturated heterocycles. The Kier molecular flexibility index (Phi) is 5.49. The topological polar surface area (TPSA) is 18.5 Å². The summed E-state index contributed by atoms with van der Waals surface area (Å²) >= 11 is 0. The van der Waals surface area contributed by atoms with E-state index in [0.717, 1.165) is 12.3 Å². The number of hydrogen-bond donors (Lipinski definition) is 0. The van der Waals surface area contributed by atoms with Crippen LogP contribution in [0.2, 0.25) is 0 Å². The zero-order valence-corrected chi connectivity index (χ0v) is 9.50. The molecule has 1 radical (unpaired) electrons. The molecule has 0 amide bonds. The lowest BCUT2D eigenvalue weighted by Gasteiger charge is -2.29. The van der Waals surface area contributed by atoms with Gasteiger partial charge >= 0.3 is 0 Å². The lowest BCUT2D eigenvalue weighted by Crippen LogP contribution is -2.26. The van der Waals surface area contributed by atoms with Gasteiger partial charge in [-0.2, -0.15) is 0 Å². The Balaban J connectivity index is 2.15. The van der Waals surface area contributed by atoms with Crippen molar-refractivity contribution in [1.82, 2.24) is 0 Å². The van der Waals surface area contributed by atoms with Gasteiger partial charge in [0.25, 0.3) is 0 Å². The molecular weight excluding hydrogens is 176 g/mol. The fourth-order valence-electron chi connectivity index (χ4n) is 2.17. The molecule has 0 aliphatic heterocycles. The van der Waals surface area contributed by atoms with Crippen LogP contribution in [0.4, 0.5) is 0 Å². The minimum Gasteiger partial charge on any atom is -0.356 e. The highest BCUT2D eigenvalue weighted by Gasteiger charge is 2.22. The van der Waals surface area contributed by atoms with Crippen molar-refractivity contribution >= 4 is 0 Å².